The van der Waals surface area contributed by atoms with Crippen LogP contribution < -0.4 is 4.74 Å². The van der Waals surface area contributed by atoms with Crippen molar-refractivity contribution in [2.75, 3.05) is 25.6 Å². The van der Waals surface area contributed by atoms with E-state index in [1.165, 1.54) is 0 Å². The van der Waals surface area contributed by atoms with Crippen LogP contribution in [0.5, 0.6) is 5.75 Å². The Morgan fingerprint density at radius 3 is 2.73 bits per heavy atom. The molecule has 0 radical (unpaired) electrons. The van der Waals surface area contributed by atoms with Crippen molar-refractivity contribution in [2.45, 2.75) is 6.92 Å². The molecule has 1 rings (SSSR count). The topological polar surface area (TPSA) is 18.5 Å². The van der Waals surface area contributed by atoms with E-state index in [4.69, 9.17) is 21.1 Å². The summed E-state index contributed by atoms with van der Waals surface area (Å²) < 4.78 is 10.8. The van der Waals surface area contributed by atoms with Crippen LogP contribution in [0.15, 0.2) is 18.2 Å². The zero-order valence-electron chi connectivity index (χ0n) is 8.70. The summed E-state index contributed by atoms with van der Waals surface area (Å²) in [4.78, 5) is 0. The summed E-state index contributed by atoms with van der Waals surface area (Å²) in [6.07, 6.45) is 0. The minimum atomic E-state index is 0.552. The van der Waals surface area contributed by atoms with Gasteiger partial charge >= 0.3 is 0 Å². The van der Waals surface area contributed by atoms with E-state index in [9.17, 15) is 0 Å². The van der Waals surface area contributed by atoms with Gasteiger partial charge in [-0.25, -0.2) is 0 Å². The Morgan fingerprint density at radius 2 is 2.07 bits per heavy atom. The molecule has 0 aliphatic heterocycles. The maximum atomic E-state index is 5.83. The number of rotatable bonds is 6. The highest BCUT2D eigenvalue weighted by atomic mass is 35.5. The summed E-state index contributed by atoms with van der Waals surface area (Å²) in [5.74, 6) is 1.59. The Balaban J connectivity index is 2.31. The first-order valence-corrected chi connectivity index (χ1v) is 5.82. The van der Waals surface area contributed by atoms with Gasteiger partial charge in [0.15, 0.2) is 0 Å². The minimum Gasteiger partial charge on any atom is -0.491 e. The molecule has 0 heterocycles. The highest BCUT2D eigenvalue weighted by molar-refractivity contribution is 7.80. The van der Waals surface area contributed by atoms with Crippen molar-refractivity contribution in [1.29, 1.82) is 0 Å². The normalized spacial score (nSPS) is 10.3. The van der Waals surface area contributed by atoms with Gasteiger partial charge in [-0.3, -0.25) is 0 Å². The molecule has 0 bridgehead atoms. The van der Waals surface area contributed by atoms with Gasteiger partial charge < -0.3 is 9.47 Å². The van der Waals surface area contributed by atoms with E-state index >= 15 is 0 Å². The molecule has 15 heavy (non-hydrogen) atoms. The first-order valence-electron chi connectivity index (χ1n) is 4.81. The molecule has 0 atom stereocenters. The summed E-state index contributed by atoms with van der Waals surface area (Å²) in [5, 5.41) is 0.728. The number of thiol groups is 1. The molecule has 0 unspecified atom stereocenters. The van der Waals surface area contributed by atoms with Crippen molar-refractivity contribution in [1.82, 2.24) is 0 Å². The van der Waals surface area contributed by atoms with Gasteiger partial charge in [0.05, 0.1) is 13.2 Å². The predicted octanol–water partition coefficient (Wildman–Crippen LogP) is 2.97. The highest BCUT2D eigenvalue weighted by Gasteiger charge is 1.99. The van der Waals surface area contributed by atoms with E-state index in [0.29, 0.717) is 19.8 Å². The monoisotopic (exact) mass is 246 g/mol. The van der Waals surface area contributed by atoms with E-state index < -0.39 is 0 Å². The summed E-state index contributed by atoms with van der Waals surface area (Å²) in [5.41, 5.74) is 1.04. The third kappa shape index (κ3) is 4.78. The summed E-state index contributed by atoms with van der Waals surface area (Å²) in [7, 11) is 0. The Labute approximate surface area is 101 Å². The van der Waals surface area contributed by atoms with Gasteiger partial charge in [-0.1, -0.05) is 11.6 Å². The van der Waals surface area contributed by atoms with E-state index in [2.05, 4.69) is 12.6 Å². The second-order valence-corrected chi connectivity index (χ2v) is 3.98. The maximum Gasteiger partial charge on any atom is 0.122 e. The Morgan fingerprint density at radius 1 is 1.27 bits per heavy atom. The van der Waals surface area contributed by atoms with Crippen LogP contribution in [-0.2, 0) is 4.74 Å². The molecule has 0 N–H and O–H groups in total. The van der Waals surface area contributed by atoms with Gasteiger partial charge in [-0.05, 0) is 30.7 Å². The van der Waals surface area contributed by atoms with E-state index in [1.807, 2.05) is 25.1 Å². The van der Waals surface area contributed by atoms with E-state index in [1.54, 1.807) is 0 Å². The zero-order valence-corrected chi connectivity index (χ0v) is 10.4. The second kappa shape index (κ2) is 6.99. The van der Waals surface area contributed by atoms with Gasteiger partial charge in [0.2, 0.25) is 0 Å². The molecule has 0 saturated carbocycles. The SMILES string of the molecule is Cc1cc(Cl)ccc1OCCOCCS. The second-order valence-electron chi connectivity index (χ2n) is 3.09. The molecule has 0 aliphatic carbocycles. The fourth-order valence-electron chi connectivity index (χ4n) is 1.15. The van der Waals surface area contributed by atoms with Crippen molar-refractivity contribution in [3.63, 3.8) is 0 Å². The third-order valence-corrected chi connectivity index (χ3v) is 2.28. The molecule has 0 aliphatic rings. The number of aryl methyl sites for hydroxylation is 1. The Hall–Kier alpha value is -0.380. The summed E-state index contributed by atoms with van der Waals surface area (Å²) >= 11 is 9.87. The first-order chi connectivity index (χ1) is 7.24. The van der Waals surface area contributed by atoms with Gasteiger partial charge in [-0.2, -0.15) is 12.6 Å². The summed E-state index contributed by atoms with van der Waals surface area (Å²) in [6, 6.07) is 5.57. The van der Waals surface area contributed by atoms with Crippen LogP contribution in [0.3, 0.4) is 0 Å². The highest BCUT2D eigenvalue weighted by Crippen LogP contribution is 2.21. The van der Waals surface area contributed by atoms with Crippen LogP contribution in [0.2, 0.25) is 5.02 Å². The fourth-order valence-corrected chi connectivity index (χ4v) is 1.51. The average molecular weight is 247 g/mol. The lowest BCUT2D eigenvalue weighted by Gasteiger charge is -2.09. The summed E-state index contributed by atoms with van der Waals surface area (Å²) in [6.45, 7) is 3.76. The fraction of sp³-hybridized carbons (Fsp3) is 0.455. The van der Waals surface area contributed by atoms with Crippen LogP contribution in [0.25, 0.3) is 0 Å². The molecule has 0 aromatic heterocycles. The van der Waals surface area contributed by atoms with E-state index in [-0.39, 0.29) is 0 Å². The molecular weight excluding hydrogens is 232 g/mol. The number of hydrogen-bond donors (Lipinski definition) is 1. The molecule has 84 valence electrons. The van der Waals surface area contributed by atoms with Gasteiger partial charge in [0.1, 0.15) is 12.4 Å². The van der Waals surface area contributed by atoms with Crippen LogP contribution in [0.4, 0.5) is 0 Å². The molecule has 0 spiro atoms. The number of hydrogen-bond acceptors (Lipinski definition) is 3. The molecular formula is C11H15ClO2S. The van der Waals surface area contributed by atoms with Gasteiger partial charge in [0.25, 0.3) is 0 Å². The van der Waals surface area contributed by atoms with Crippen molar-refractivity contribution in [3.8, 4) is 5.75 Å². The number of ether oxygens (including phenoxy) is 2. The minimum absolute atomic E-state index is 0.552. The zero-order chi connectivity index (χ0) is 11.1. The lowest BCUT2D eigenvalue weighted by molar-refractivity contribution is 0.112. The standard InChI is InChI=1S/C11H15ClO2S/c1-9-8-10(12)2-3-11(9)14-5-4-13-6-7-15/h2-3,8,15H,4-7H2,1H3. The van der Waals surface area contributed by atoms with Gasteiger partial charge in [0, 0.05) is 10.8 Å². The number of benzene rings is 1. The molecule has 0 fully saturated rings. The smallest absolute Gasteiger partial charge is 0.122 e. The van der Waals surface area contributed by atoms with Gasteiger partial charge in [-0.15, -0.1) is 0 Å². The Bertz CT molecular complexity index is 305. The molecule has 2 nitrogen and oxygen atoms in total. The third-order valence-electron chi connectivity index (χ3n) is 1.86. The lowest BCUT2D eigenvalue weighted by Crippen LogP contribution is -2.08. The molecule has 0 amide bonds. The first kappa shape index (κ1) is 12.7. The molecule has 1 aromatic rings. The number of halogens is 1. The van der Waals surface area contributed by atoms with Crippen LogP contribution in [-0.4, -0.2) is 25.6 Å². The van der Waals surface area contributed by atoms with Crippen molar-refractivity contribution >= 4 is 24.2 Å². The van der Waals surface area contributed by atoms with Crippen molar-refractivity contribution in [2.24, 2.45) is 0 Å². The van der Waals surface area contributed by atoms with Crippen molar-refractivity contribution in [3.05, 3.63) is 28.8 Å². The van der Waals surface area contributed by atoms with Crippen LogP contribution in [0.1, 0.15) is 5.56 Å². The van der Waals surface area contributed by atoms with Crippen LogP contribution in [0, 0.1) is 6.92 Å². The van der Waals surface area contributed by atoms with Crippen LogP contribution >= 0.6 is 24.2 Å². The largest absolute Gasteiger partial charge is 0.491 e. The maximum absolute atomic E-state index is 5.83. The van der Waals surface area contributed by atoms with Crippen molar-refractivity contribution < 1.29 is 9.47 Å². The quantitative estimate of drug-likeness (QED) is 0.615. The Kier molecular flexibility index (Phi) is 5.91. The average Bonchev–Trinajstić information content (AvgIpc) is 2.20. The lowest BCUT2D eigenvalue weighted by atomic mass is 10.2. The molecule has 4 heteroatoms. The predicted molar refractivity (Wildman–Crippen MR) is 66.4 cm³/mol. The molecule has 1 aromatic carbocycles. The van der Waals surface area contributed by atoms with E-state index in [0.717, 1.165) is 22.1 Å². The molecule has 0 saturated heterocycles.